The van der Waals surface area contributed by atoms with Crippen LogP contribution in [0.1, 0.15) is 20.3 Å². The van der Waals surface area contributed by atoms with Gasteiger partial charge in [-0.1, -0.05) is 20.3 Å². The Morgan fingerprint density at radius 1 is 0.667 bits per heavy atom. The van der Waals surface area contributed by atoms with Crippen LogP contribution in [0, 0.1) is 0 Å². The summed E-state index contributed by atoms with van der Waals surface area (Å²) >= 11 is 0. The van der Waals surface area contributed by atoms with Crippen molar-refractivity contribution >= 4 is 21.5 Å². The van der Waals surface area contributed by atoms with Gasteiger partial charge in [0.15, 0.2) is 0 Å². The number of hydrogen-bond donors (Lipinski definition) is 0. The first kappa shape index (κ1) is 14.9. The highest BCUT2D eigenvalue weighted by atomic mass is 16.2. The first-order valence-electron chi connectivity index (χ1n) is 6.67. The second-order valence-electron chi connectivity index (χ2n) is 4.99. The SMILES string of the molecule is CCC.Cn1c(=O)c2cc3c(=O)n(C)c(=O)c3cc2c1=O. The van der Waals surface area contributed by atoms with E-state index in [-0.39, 0.29) is 21.5 Å². The summed E-state index contributed by atoms with van der Waals surface area (Å²) in [5.41, 5.74) is -1.81. The van der Waals surface area contributed by atoms with Gasteiger partial charge < -0.3 is 0 Å². The zero-order valence-electron chi connectivity index (χ0n) is 12.4. The number of rotatable bonds is 0. The predicted octanol–water partition coefficient (Wildman–Crippen LogP) is 0.403. The summed E-state index contributed by atoms with van der Waals surface area (Å²) in [6, 6.07) is 2.66. The summed E-state index contributed by atoms with van der Waals surface area (Å²) < 4.78 is 1.94. The van der Waals surface area contributed by atoms with Crippen molar-refractivity contribution in [3.8, 4) is 0 Å². The molecule has 0 spiro atoms. The van der Waals surface area contributed by atoms with Gasteiger partial charge in [0.25, 0.3) is 22.2 Å². The standard InChI is InChI=1S/C12H8N2O4.C3H8/c1-13-9(15)5-3-7-8(4-6(5)10(13)16)12(18)14(2)11(7)17;1-3-2/h3-4H,1-2H3;3H2,1-2H3. The molecule has 6 nitrogen and oxygen atoms in total. The van der Waals surface area contributed by atoms with Gasteiger partial charge in [0.05, 0.1) is 21.5 Å². The van der Waals surface area contributed by atoms with Gasteiger partial charge in [0.1, 0.15) is 0 Å². The van der Waals surface area contributed by atoms with Crippen molar-refractivity contribution in [2.75, 3.05) is 0 Å². The summed E-state index contributed by atoms with van der Waals surface area (Å²) in [5.74, 6) is 0. The van der Waals surface area contributed by atoms with Crippen molar-refractivity contribution in [3.05, 3.63) is 53.5 Å². The van der Waals surface area contributed by atoms with Gasteiger partial charge in [0, 0.05) is 14.1 Å². The lowest BCUT2D eigenvalue weighted by Crippen LogP contribution is -2.21. The van der Waals surface area contributed by atoms with E-state index >= 15 is 0 Å². The molecule has 0 saturated heterocycles. The van der Waals surface area contributed by atoms with E-state index in [0.29, 0.717) is 0 Å². The van der Waals surface area contributed by atoms with Gasteiger partial charge >= 0.3 is 0 Å². The topological polar surface area (TPSA) is 78.1 Å². The highest BCUT2D eigenvalue weighted by molar-refractivity contribution is 5.97. The average Bonchev–Trinajstić information content (AvgIpc) is 2.81. The lowest BCUT2D eigenvalue weighted by Gasteiger charge is -1.86. The van der Waals surface area contributed by atoms with E-state index in [0.717, 1.165) is 9.13 Å². The molecule has 2 heterocycles. The Labute approximate surface area is 119 Å². The van der Waals surface area contributed by atoms with Crippen molar-refractivity contribution in [1.29, 1.82) is 0 Å². The van der Waals surface area contributed by atoms with Crippen LogP contribution in [0.2, 0.25) is 0 Å². The summed E-state index contributed by atoms with van der Waals surface area (Å²) in [4.78, 5) is 47.1. The van der Waals surface area contributed by atoms with E-state index < -0.39 is 22.2 Å². The van der Waals surface area contributed by atoms with Gasteiger partial charge in [-0.25, -0.2) is 0 Å². The Morgan fingerprint density at radius 3 is 1.05 bits per heavy atom. The highest BCUT2D eigenvalue weighted by Crippen LogP contribution is 2.13. The van der Waals surface area contributed by atoms with Gasteiger partial charge in [-0.3, -0.25) is 28.3 Å². The monoisotopic (exact) mass is 288 g/mol. The smallest absolute Gasteiger partial charge is 0.261 e. The van der Waals surface area contributed by atoms with E-state index in [1.54, 1.807) is 0 Å². The molecule has 0 unspecified atom stereocenters. The average molecular weight is 288 g/mol. The van der Waals surface area contributed by atoms with E-state index in [1.165, 1.54) is 32.6 Å². The van der Waals surface area contributed by atoms with Crippen LogP contribution in [-0.4, -0.2) is 9.13 Å². The highest BCUT2D eigenvalue weighted by Gasteiger charge is 2.16. The van der Waals surface area contributed by atoms with Crippen LogP contribution in [0.4, 0.5) is 0 Å². The van der Waals surface area contributed by atoms with Gasteiger partial charge in [-0.2, -0.15) is 0 Å². The summed E-state index contributed by atoms with van der Waals surface area (Å²) in [5, 5.41) is 0.714. The molecule has 21 heavy (non-hydrogen) atoms. The normalized spacial score (nSPS) is 10.9. The molecule has 0 amide bonds. The molecule has 0 aliphatic rings. The molecule has 0 aliphatic heterocycles. The van der Waals surface area contributed by atoms with E-state index in [4.69, 9.17) is 0 Å². The summed E-state index contributed by atoms with van der Waals surface area (Å²) in [6.07, 6.45) is 1.25. The fourth-order valence-corrected chi connectivity index (χ4v) is 2.21. The second-order valence-corrected chi connectivity index (χ2v) is 4.99. The van der Waals surface area contributed by atoms with Gasteiger partial charge in [0.2, 0.25) is 0 Å². The molecule has 110 valence electrons. The third-order valence-corrected chi connectivity index (χ3v) is 3.30. The minimum Gasteiger partial charge on any atom is -0.277 e. The largest absolute Gasteiger partial charge is 0.277 e. The summed E-state index contributed by atoms with van der Waals surface area (Å²) in [7, 11) is 2.73. The molecular weight excluding hydrogens is 272 g/mol. The molecule has 0 N–H and O–H groups in total. The molecule has 3 rings (SSSR count). The summed E-state index contributed by atoms with van der Waals surface area (Å²) in [6.45, 7) is 4.25. The Morgan fingerprint density at radius 2 is 0.857 bits per heavy atom. The Bertz CT molecular complexity index is 872. The fourth-order valence-electron chi connectivity index (χ4n) is 2.21. The van der Waals surface area contributed by atoms with Gasteiger partial charge in [-0.15, -0.1) is 0 Å². The lowest BCUT2D eigenvalue weighted by atomic mass is 10.1. The second kappa shape index (κ2) is 5.12. The van der Waals surface area contributed by atoms with Crippen LogP contribution < -0.4 is 22.2 Å². The molecule has 0 bridgehead atoms. The van der Waals surface area contributed by atoms with Crippen molar-refractivity contribution < 1.29 is 0 Å². The Kier molecular flexibility index (Phi) is 3.63. The van der Waals surface area contributed by atoms with Crippen LogP contribution in [0.3, 0.4) is 0 Å². The first-order valence-corrected chi connectivity index (χ1v) is 6.67. The van der Waals surface area contributed by atoms with Crippen molar-refractivity contribution in [2.45, 2.75) is 20.3 Å². The third-order valence-electron chi connectivity index (χ3n) is 3.30. The van der Waals surface area contributed by atoms with Crippen LogP contribution in [-0.2, 0) is 14.1 Å². The van der Waals surface area contributed by atoms with Crippen molar-refractivity contribution in [1.82, 2.24) is 9.13 Å². The fraction of sp³-hybridized carbons (Fsp3) is 0.333. The van der Waals surface area contributed by atoms with Gasteiger partial charge in [-0.05, 0) is 12.1 Å². The quantitative estimate of drug-likeness (QED) is 0.600. The Hall–Kier alpha value is -2.50. The van der Waals surface area contributed by atoms with E-state index in [1.807, 2.05) is 0 Å². The van der Waals surface area contributed by atoms with E-state index in [2.05, 4.69) is 13.8 Å². The number of nitrogens with zero attached hydrogens (tertiary/aromatic N) is 2. The Balaban J connectivity index is 0.000000497. The maximum absolute atomic E-state index is 11.8. The van der Waals surface area contributed by atoms with Crippen LogP contribution >= 0.6 is 0 Å². The molecule has 0 aliphatic carbocycles. The minimum absolute atomic E-state index is 0.178. The molecule has 6 heteroatoms. The number of benzene rings is 1. The molecule has 2 aromatic heterocycles. The predicted molar refractivity (Wildman–Crippen MR) is 82.8 cm³/mol. The third kappa shape index (κ3) is 2.03. The molecule has 1 aromatic carbocycles. The molecular formula is C15H16N2O4. The molecule has 0 atom stereocenters. The van der Waals surface area contributed by atoms with Crippen molar-refractivity contribution in [3.63, 3.8) is 0 Å². The van der Waals surface area contributed by atoms with Crippen LogP contribution in [0.15, 0.2) is 31.3 Å². The molecule has 0 radical (unpaired) electrons. The molecule has 0 saturated carbocycles. The zero-order valence-corrected chi connectivity index (χ0v) is 12.4. The zero-order chi connectivity index (χ0) is 15.9. The minimum atomic E-state index is -0.451. The number of aromatic nitrogens is 2. The van der Waals surface area contributed by atoms with E-state index in [9.17, 15) is 19.2 Å². The molecule has 0 fully saturated rings. The van der Waals surface area contributed by atoms with Crippen LogP contribution in [0.5, 0.6) is 0 Å². The van der Waals surface area contributed by atoms with Crippen LogP contribution in [0.25, 0.3) is 21.5 Å². The number of fused-ring (bicyclic) bond motifs is 2. The molecule has 3 aromatic rings. The maximum Gasteiger partial charge on any atom is 0.261 e. The maximum atomic E-state index is 11.8. The first-order chi connectivity index (χ1) is 9.84. The lowest BCUT2D eigenvalue weighted by molar-refractivity contribution is 0.854. The van der Waals surface area contributed by atoms with Crippen molar-refractivity contribution in [2.24, 2.45) is 14.1 Å². The number of hydrogen-bond acceptors (Lipinski definition) is 4.